The maximum absolute atomic E-state index is 11.5. The monoisotopic (exact) mass is 207 g/mol. The molecule has 0 radical (unpaired) electrons. The van der Waals surface area contributed by atoms with E-state index < -0.39 is 12.1 Å². The molecule has 5 heteroatoms. The van der Waals surface area contributed by atoms with Gasteiger partial charge in [0.25, 0.3) is 0 Å². The van der Waals surface area contributed by atoms with E-state index in [1.807, 2.05) is 0 Å². The minimum Gasteiger partial charge on any atom is -0.451 e. The molecule has 0 saturated carbocycles. The Labute approximate surface area is 88.0 Å². The summed E-state index contributed by atoms with van der Waals surface area (Å²) in [6.45, 7) is 1.64. The number of carbonyl (C=O) groups is 1. The summed E-state index contributed by atoms with van der Waals surface area (Å²) in [6, 6.07) is 3.14. The maximum atomic E-state index is 11.5. The number of nitrogens with zero attached hydrogens (tertiary/aromatic N) is 1. The van der Waals surface area contributed by atoms with Gasteiger partial charge in [-0.25, -0.2) is 4.79 Å². The van der Waals surface area contributed by atoms with Gasteiger partial charge in [0, 0.05) is 19.4 Å². The Bertz CT molecular complexity index is 351. The molecule has 1 rings (SSSR count). The molecule has 1 heterocycles. The third kappa shape index (κ3) is 3.05. The van der Waals surface area contributed by atoms with E-state index in [9.17, 15) is 4.79 Å². The number of esters is 1. The van der Waals surface area contributed by atoms with E-state index in [-0.39, 0.29) is 5.84 Å². The topological polar surface area (TPSA) is 75.1 Å². The van der Waals surface area contributed by atoms with Gasteiger partial charge in [-0.15, -0.1) is 0 Å². The molecule has 1 aromatic rings. The molecule has 80 valence electrons. The van der Waals surface area contributed by atoms with Crippen LogP contribution in [0.15, 0.2) is 24.5 Å². The van der Waals surface area contributed by atoms with E-state index in [0.29, 0.717) is 5.56 Å². The van der Waals surface area contributed by atoms with Gasteiger partial charge in [-0.1, -0.05) is 0 Å². The molecule has 0 aliphatic heterocycles. The molecule has 1 aromatic heterocycles. The van der Waals surface area contributed by atoms with Crippen LogP contribution in [0.25, 0.3) is 0 Å². The fourth-order valence-electron chi connectivity index (χ4n) is 0.979. The van der Waals surface area contributed by atoms with Crippen molar-refractivity contribution in [2.24, 2.45) is 0 Å². The number of hydrogen-bond donors (Lipinski definition) is 2. The number of nitrogens with one attached hydrogen (secondary N) is 2. The molecular formula is C10H13N3O2. The highest BCUT2D eigenvalue weighted by Gasteiger charge is 2.14. The molecule has 0 aliphatic carbocycles. The summed E-state index contributed by atoms with van der Waals surface area (Å²) in [6.07, 6.45) is 2.46. The quantitative estimate of drug-likeness (QED) is 0.437. The normalized spacial score (nSPS) is 11.6. The van der Waals surface area contributed by atoms with Crippen LogP contribution in [0, 0.1) is 5.41 Å². The smallest absolute Gasteiger partial charge is 0.338 e. The summed E-state index contributed by atoms with van der Waals surface area (Å²) in [7, 11) is 1.61. The van der Waals surface area contributed by atoms with Gasteiger partial charge in [0.05, 0.1) is 5.56 Å². The second kappa shape index (κ2) is 5.09. The Kier molecular flexibility index (Phi) is 3.79. The minimum absolute atomic E-state index is 0.164. The van der Waals surface area contributed by atoms with Crippen LogP contribution in [0.2, 0.25) is 0 Å². The fourth-order valence-corrected chi connectivity index (χ4v) is 0.979. The Morgan fingerprint density at radius 1 is 1.53 bits per heavy atom. The summed E-state index contributed by atoms with van der Waals surface area (Å²) in [5.41, 5.74) is 0.431. The highest BCUT2D eigenvalue weighted by atomic mass is 16.5. The summed E-state index contributed by atoms with van der Waals surface area (Å²) >= 11 is 0. The van der Waals surface area contributed by atoms with Crippen molar-refractivity contribution in [3.63, 3.8) is 0 Å². The van der Waals surface area contributed by atoms with E-state index in [2.05, 4.69) is 10.3 Å². The first-order valence-corrected chi connectivity index (χ1v) is 4.52. The van der Waals surface area contributed by atoms with Gasteiger partial charge in [0.2, 0.25) is 0 Å². The molecule has 5 nitrogen and oxygen atoms in total. The second-order valence-corrected chi connectivity index (χ2v) is 2.95. The van der Waals surface area contributed by atoms with Gasteiger partial charge in [-0.2, -0.15) is 0 Å². The fraction of sp³-hybridized carbons (Fsp3) is 0.300. The zero-order chi connectivity index (χ0) is 11.3. The van der Waals surface area contributed by atoms with E-state index in [1.54, 1.807) is 26.1 Å². The first-order valence-electron chi connectivity index (χ1n) is 4.52. The van der Waals surface area contributed by atoms with Gasteiger partial charge < -0.3 is 10.1 Å². The molecule has 0 bridgehead atoms. The van der Waals surface area contributed by atoms with Crippen LogP contribution >= 0.6 is 0 Å². The third-order valence-electron chi connectivity index (χ3n) is 1.88. The number of rotatable bonds is 3. The van der Waals surface area contributed by atoms with Crippen molar-refractivity contribution < 1.29 is 9.53 Å². The van der Waals surface area contributed by atoms with Crippen LogP contribution in [0.1, 0.15) is 17.3 Å². The van der Waals surface area contributed by atoms with E-state index >= 15 is 0 Å². The Morgan fingerprint density at radius 2 is 2.13 bits per heavy atom. The van der Waals surface area contributed by atoms with Crippen molar-refractivity contribution >= 4 is 11.8 Å². The van der Waals surface area contributed by atoms with Gasteiger partial charge in [-0.3, -0.25) is 10.4 Å². The molecule has 0 aliphatic rings. The van der Waals surface area contributed by atoms with Crippen molar-refractivity contribution in [1.82, 2.24) is 10.3 Å². The van der Waals surface area contributed by atoms with Crippen LogP contribution in [0.4, 0.5) is 0 Å². The SMILES string of the molecule is CNC(=N)[C@@H](C)OC(=O)c1ccncc1. The number of likely N-dealkylation sites (N-methyl/N-ethyl adjacent to an activating group) is 1. The molecule has 0 saturated heterocycles. The number of hydrogen-bond acceptors (Lipinski definition) is 4. The lowest BCUT2D eigenvalue weighted by Gasteiger charge is -2.13. The Balaban J connectivity index is 2.61. The molecule has 0 unspecified atom stereocenters. The van der Waals surface area contributed by atoms with E-state index in [0.717, 1.165) is 0 Å². The van der Waals surface area contributed by atoms with Crippen LogP contribution in [0.5, 0.6) is 0 Å². The Morgan fingerprint density at radius 3 is 2.67 bits per heavy atom. The predicted molar refractivity (Wildman–Crippen MR) is 55.9 cm³/mol. The number of pyridine rings is 1. The first kappa shape index (κ1) is 11.2. The van der Waals surface area contributed by atoms with Gasteiger partial charge in [0.1, 0.15) is 5.84 Å². The summed E-state index contributed by atoms with van der Waals surface area (Å²) < 4.78 is 5.04. The third-order valence-corrected chi connectivity index (χ3v) is 1.88. The second-order valence-electron chi connectivity index (χ2n) is 2.95. The minimum atomic E-state index is -0.573. The van der Waals surface area contributed by atoms with Crippen molar-refractivity contribution in [3.05, 3.63) is 30.1 Å². The van der Waals surface area contributed by atoms with Crippen molar-refractivity contribution in [1.29, 1.82) is 5.41 Å². The highest BCUT2D eigenvalue weighted by molar-refractivity contribution is 5.92. The lowest BCUT2D eigenvalue weighted by atomic mass is 10.3. The molecular weight excluding hydrogens is 194 g/mol. The molecule has 2 N–H and O–H groups in total. The van der Waals surface area contributed by atoms with Crippen LogP contribution in [-0.4, -0.2) is 29.9 Å². The van der Waals surface area contributed by atoms with Crippen molar-refractivity contribution in [2.45, 2.75) is 13.0 Å². The summed E-state index contributed by atoms with van der Waals surface area (Å²) in [4.78, 5) is 15.3. The average molecular weight is 207 g/mol. The molecule has 0 fully saturated rings. The van der Waals surface area contributed by atoms with Crippen LogP contribution in [-0.2, 0) is 4.74 Å². The Hall–Kier alpha value is -1.91. The van der Waals surface area contributed by atoms with Crippen LogP contribution < -0.4 is 5.32 Å². The number of ether oxygens (including phenoxy) is 1. The van der Waals surface area contributed by atoms with E-state index in [4.69, 9.17) is 10.1 Å². The van der Waals surface area contributed by atoms with Gasteiger partial charge in [-0.05, 0) is 19.1 Å². The van der Waals surface area contributed by atoms with E-state index in [1.165, 1.54) is 12.4 Å². The lowest BCUT2D eigenvalue weighted by molar-refractivity contribution is 0.0446. The first-order chi connectivity index (χ1) is 7.15. The molecule has 15 heavy (non-hydrogen) atoms. The molecule has 0 spiro atoms. The lowest BCUT2D eigenvalue weighted by Crippen LogP contribution is -2.32. The van der Waals surface area contributed by atoms with Crippen molar-refractivity contribution in [2.75, 3.05) is 7.05 Å². The standard InChI is InChI=1S/C10H13N3O2/c1-7(9(11)12-2)15-10(14)8-3-5-13-6-4-8/h3-7H,1-2H3,(H2,11,12)/t7-/m1/s1. The predicted octanol–water partition coefficient (Wildman–Crippen LogP) is 0.824. The number of aromatic nitrogens is 1. The van der Waals surface area contributed by atoms with Crippen molar-refractivity contribution in [3.8, 4) is 0 Å². The largest absolute Gasteiger partial charge is 0.451 e. The summed E-state index contributed by atoms with van der Waals surface area (Å²) in [5.74, 6) is -0.290. The molecule has 0 aromatic carbocycles. The van der Waals surface area contributed by atoms with Crippen LogP contribution in [0.3, 0.4) is 0 Å². The van der Waals surface area contributed by atoms with Gasteiger partial charge in [0.15, 0.2) is 6.10 Å². The highest BCUT2D eigenvalue weighted by Crippen LogP contribution is 2.02. The number of carbonyl (C=O) groups excluding carboxylic acids is 1. The number of amidine groups is 1. The maximum Gasteiger partial charge on any atom is 0.338 e. The summed E-state index contributed by atoms with van der Waals surface area (Å²) in [5, 5.41) is 10.0. The van der Waals surface area contributed by atoms with Gasteiger partial charge >= 0.3 is 5.97 Å². The molecule has 1 atom stereocenters. The zero-order valence-electron chi connectivity index (χ0n) is 8.65. The zero-order valence-corrected chi connectivity index (χ0v) is 8.65. The molecule has 0 amide bonds. The average Bonchev–Trinajstić information content (AvgIpc) is 2.29.